The summed E-state index contributed by atoms with van der Waals surface area (Å²) in [5.74, 6) is 0.313. The van der Waals surface area contributed by atoms with Crippen molar-refractivity contribution in [1.82, 2.24) is 4.98 Å². The molecule has 0 aliphatic heterocycles. The molecule has 3 nitrogen and oxygen atoms in total. The molecule has 3 N–H and O–H groups in total. The Kier molecular flexibility index (Phi) is 5.72. The Balaban J connectivity index is 1.72. The Bertz CT molecular complexity index is 892. The van der Waals surface area contributed by atoms with Crippen LogP contribution in [0, 0.1) is 0 Å². The number of nitrogens with one attached hydrogen (secondary N) is 1. The molecule has 0 spiro atoms. The Morgan fingerprint density at radius 2 is 2.08 bits per heavy atom. The maximum Gasteiger partial charge on any atom is 0.131 e. The Hall–Kier alpha value is -0.850. The Labute approximate surface area is 171 Å². The largest absolute Gasteiger partial charge is 0.379 e. The first-order valence-electron chi connectivity index (χ1n) is 8.93. The second-order valence-electron chi connectivity index (χ2n) is 6.79. The van der Waals surface area contributed by atoms with Gasteiger partial charge in [-0.3, -0.25) is 0 Å². The van der Waals surface area contributed by atoms with E-state index in [-0.39, 0.29) is 6.04 Å². The number of rotatable bonds is 4. The van der Waals surface area contributed by atoms with E-state index in [1.54, 1.807) is 22.7 Å². The first-order chi connectivity index (χ1) is 12.6. The van der Waals surface area contributed by atoms with E-state index in [0.717, 1.165) is 40.3 Å². The summed E-state index contributed by atoms with van der Waals surface area (Å²) in [4.78, 5) is 6.96. The van der Waals surface area contributed by atoms with Crippen LogP contribution in [0.4, 0.5) is 5.69 Å². The van der Waals surface area contributed by atoms with Gasteiger partial charge in [-0.15, -0.1) is 22.7 Å². The number of halogens is 2. The highest BCUT2D eigenvalue weighted by molar-refractivity contribution is 7.20. The van der Waals surface area contributed by atoms with Crippen molar-refractivity contribution in [3.8, 4) is 0 Å². The molecule has 4 rings (SSSR count). The molecular weight excluding hydrogens is 405 g/mol. The van der Waals surface area contributed by atoms with E-state index < -0.39 is 0 Å². The third-order valence-corrected chi connectivity index (χ3v) is 7.93. The second kappa shape index (κ2) is 8.03. The van der Waals surface area contributed by atoms with Gasteiger partial charge < -0.3 is 11.1 Å². The normalized spacial score (nSPS) is 21.0. The van der Waals surface area contributed by atoms with E-state index in [9.17, 15) is 0 Å². The maximum absolute atomic E-state index is 6.76. The fourth-order valence-electron chi connectivity index (χ4n) is 3.65. The van der Waals surface area contributed by atoms with Crippen LogP contribution in [0.2, 0.25) is 10.2 Å². The van der Waals surface area contributed by atoms with Crippen molar-refractivity contribution in [3.05, 3.63) is 43.5 Å². The minimum atomic E-state index is 0.168. The first kappa shape index (κ1) is 18.5. The summed E-state index contributed by atoms with van der Waals surface area (Å²) < 4.78 is 1.07. The van der Waals surface area contributed by atoms with Crippen LogP contribution in [0.3, 0.4) is 0 Å². The minimum Gasteiger partial charge on any atom is -0.379 e. The van der Waals surface area contributed by atoms with E-state index in [4.69, 9.17) is 28.9 Å². The molecule has 0 unspecified atom stereocenters. The van der Waals surface area contributed by atoms with Gasteiger partial charge in [0, 0.05) is 34.3 Å². The van der Waals surface area contributed by atoms with Crippen LogP contribution in [0.15, 0.2) is 23.6 Å². The van der Waals surface area contributed by atoms with Crippen LogP contribution in [0.5, 0.6) is 0 Å². The monoisotopic (exact) mass is 425 g/mol. The lowest BCUT2D eigenvalue weighted by Gasteiger charge is -2.20. The van der Waals surface area contributed by atoms with Gasteiger partial charge in [-0.05, 0) is 24.3 Å². The van der Waals surface area contributed by atoms with E-state index >= 15 is 0 Å². The second-order valence-corrected chi connectivity index (χ2v) is 9.64. The van der Waals surface area contributed by atoms with Crippen LogP contribution in [0.25, 0.3) is 10.2 Å². The van der Waals surface area contributed by atoms with E-state index in [1.807, 2.05) is 6.07 Å². The Morgan fingerprint density at radius 3 is 2.88 bits per heavy atom. The molecule has 0 saturated heterocycles. The summed E-state index contributed by atoms with van der Waals surface area (Å²) in [5.41, 5.74) is 8.27. The van der Waals surface area contributed by atoms with Gasteiger partial charge in [0.05, 0.1) is 15.4 Å². The van der Waals surface area contributed by atoms with Crippen molar-refractivity contribution in [2.75, 3.05) is 5.32 Å². The number of thiophene rings is 2. The average Bonchev–Trinajstić information content (AvgIpc) is 3.19. The topological polar surface area (TPSA) is 50.9 Å². The summed E-state index contributed by atoms with van der Waals surface area (Å²) in [6.07, 6.45) is 5.83. The summed E-state index contributed by atoms with van der Waals surface area (Å²) in [6, 6.07) is 6.24. The van der Waals surface area contributed by atoms with Crippen molar-refractivity contribution in [1.29, 1.82) is 0 Å². The standard InChI is InChI=1S/C19H21Cl2N3S2/c20-15-9-14(23-10-11-5-4-8-25-11)19-17(24-15)16(21)18(26-19)12-6-2-1-3-7-13(12)22/h4-5,8-9,12-13H,1-3,6-7,10,22H2,(H,23,24)/t12-,13-/m0/s1. The Morgan fingerprint density at radius 1 is 1.23 bits per heavy atom. The smallest absolute Gasteiger partial charge is 0.131 e. The summed E-state index contributed by atoms with van der Waals surface area (Å²) >= 11 is 16.5. The minimum absolute atomic E-state index is 0.168. The van der Waals surface area contributed by atoms with Crippen molar-refractivity contribution < 1.29 is 0 Å². The molecule has 1 aliphatic rings. The lowest BCUT2D eigenvalue weighted by Crippen LogP contribution is -2.26. The summed E-state index contributed by atoms with van der Waals surface area (Å²) in [7, 11) is 0. The van der Waals surface area contributed by atoms with Gasteiger partial charge >= 0.3 is 0 Å². The lowest BCUT2D eigenvalue weighted by atomic mass is 9.94. The molecule has 2 atom stereocenters. The van der Waals surface area contributed by atoms with Crippen LogP contribution in [0.1, 0.15) is 47.8 Å². The molecule has 3 heterocycles. The van der Waals surface area contributed by atoms with Crippen molar-refractivity contribution >= 4 is 61.8 Å². The van der Waals surface area contributed by atoms with Gasteiger partial charge in [-0.1, -0.05) is 48.5 Å². The summed E-state index contributed by atoms with van der Waals surface area (Å²) in [6.45, 7) is 0.765. The number of fused-ring (bicyclic) bond motifs is 1. The zero-order chi connectivity index (χ0) is 18.1. The maximum atomic E-state index is 6.76. The number of hydrogen-bond acceptors (Lipinski definition) is 5. The van der Waals surface area contributed by atoms with E-state index in [0.29, 0.717) is 11.1 Å². The molecule has 7 heteroatoms. The molecule has 1 aliphatic carbocycles. The van der Waals surface area contributed by atoms with Crippen LogP contribution < -0.4 is 11.1 Å². The molecular formula is C19H21Cl2N3S2. The predicted molar refractivity (Wildman–Crippen MR) is 115 cm³/mol. The number of aromatic nitrogens is 1. The average molecular weight is 426 g/mol. The van der Waals surface area contributed by atoms with Crippen LogP contribution in [-0.4, -0.2) is 11.0 Å². The molecule has 3 aromatic heterocycles. The van der Waals surface area contributed by atoms with Crippen molar-refractivity contribution in [2.45, 2.75) is 50.6 Å². The molecule has 0 amide bonds. The highest BCUT2D eigenvalue weighted by Crippen LogP contribution is 2.46. The highest BCUT2D eigenvalue weighted by Gasteiger charge is 2.28. The third kappa shape index (κ3) is 3.73. The van der Waals surface area contributed by atoms with Crippen LogP contribution >= 0.6 is 45.9 Å². The lowest BCUT2D eigenvalue weighted by molar-refractivity contribution is 0.512. The molecule has 0 aromatic carbocycles. The zero-order valence-corrected chi connectivity index (χ0v) is 17.4. The van der Waals surface area contributed by atoms with Gasteiger partial charge in [0.2, 0.25) is 0 Å². The van der Waals surface area contributed by atoms with Gasteiger partial charge in [0.15, 0.2) is 0 Å². The van der Waals surface area contributed by atoms with Crippen LogP contribution in [-0.2, 0) is 6.54 Å². The van der Waals surface area contributed by atoms with Crippen molar-refractivity contribution in [3.63, 3.8) is 0 Å². The third-order valence-electron chi connectivity index (χ3n) is 5.02. The molecule has 0 radical (unpaired) electrons. The zero-order valence-electron chi connectivity index (χ0n) is 14.3. The van der Waals surface area contributed by atoms with Gasteiger partial charge in [-0.25, -0.2) is 4.98 Å². The fraction of sp³-hybridized carbons (Fsp3) is 0.421. The van der Waals surface area contributed by atoms with Gasteiger partial charge in [0.25, 0.3) is 0 Å². The molecule has 138 valence electrons. The van der Waals surface area contributed by atoms with E-state index in [1.165, 1.54) is 29.0 Å². The summed E-state index contributed by atoms with van der Waals surface area (Å²) in [5, 5.41) is 6.78. The number of hydrogen-bond donors (Lipinski definition) is 2. The molecule has 0 bridgehead atoms. The first-order valence-corrected chi connectivity index (χ1v) is 11.4. The van der Waals surface area contributed by atoms with E-state index in [2.05, 4.69) is 27.8 Å². The molecule has 1 saturated carbocycles. The number of nitrogens with zero attached hydrogens (tertiary/aromatic N) is 1. The molecule has 1 fully saturated rings. The number of pyridine rings is 1. The molecule has 3 aromatic rings. The van der Waals surface area contributed by atoms with Gasteiger partial charge in [-0.2, -0.15) is 0 Å². The quantitative estimate of drug-likeness (QED) is 0.363. The number of nitrogens with two attached hydrogens (primary N) is 1. The molecule has 26 heavy (non-hydrogen) atoms. The fourth-order valence-corrected chi connectivity index (χ4v) is 6.28. The van der Waals surface area contributed by atoms with Gasteiger partial charge in [0.1, 0.15) is 10.7 Å². The predicted octanol–water partition coefficient (Wildman–Crippen LogP) is 6.65. The SMILES string of the molecule is N[C@H]1CCCCC[C@@H]1c1sc2c(NCc3cccs3)cc(Cl)nc2c1Cl. The number of anilines is 1. The highest BCUT2D eigenvalue weighted by atomic mass is 35.5. The van der Waals surface area contributed by atoms with Crippen molar-refractivity contribution in [2.24, 2.45) is 5.73 Å².